The first-order valence-electron chi connectivity index (χ1n) is 6.72. The standard InChI is InChI=1S/C16H18BrClOS/c1-3-10(2)14(11-7-5-4-6-8-11)15(19)13-9-12(17)16(18)20-13/h4-10,14-15,19H,3H2,1-2H3. The van der Waals surface area contributed by atoms with Crippen LogP contribution in [0.1, 0.15) is 42.7 Å². The molecule has 0 aliphatic carbocycles. The maximum atomic E-state index is 10.8. The highest BCUT2D eigenvalue weighted by Gasteiger charge is 2.28. The number of hydrogen-bond acceptors (Lipinski definition) is 2. The lowest BCUT2D eigenvalue weighted by molar-refractivity contribution is 0.121. The molecule has 0 saturated carbocycles. The summed E-state index contributed by atoms with van der Waals surface area (Å²) < 4.78 is 1.55. The minimum Gasteiger partial charge on any atom is -0.387 e. The first-order chi connectivity index (χ1) is 9.54. The molecule has 3 atom stereocenters. The number of benzene rings is 1. The lowest BCUT2D eigenvalue weighted by Gasteiger charge is -2.28. The Morgan fingerprint density at radius 2 is 1.95 bits per heavy atom. The summed E-state index contributed by atoms with van der Waals surface area (Å²) in [6, 6.07) is 12.1. The number of thiophene rings is 1. The smallest absolute Gasteiger partial charge is 0.107 e. The van der Waals surface area contributed by atoms with Crippen molar-refractivity contribution in [1.82, 2.24) is 0 Å². The van der Waals surface area contributed by atoms with Gasteiger partial charge in [0.2, 0.25) is 0 Å². The van der Waals surface area contributed by atoms with E-state index in [0.29, 0.717) is 10.3 Å². The summed E-state index contributed by atoms with van der Waals surface area (Å²) in [4.78, 5) is 0.913. The van der Waals surface area contributed by atoms with Gasteiger partial charge in [0, 0.05) is 15.3 Å². The third kappa shape index (κ3) is 3.45. The van der Waals surface area contributed by atoms with Gasteiger partial charge in [0.1, 0.15) is 4.34 Å². The quantitative estimate of drug-likeness (QED) is 0.678. The molecule has 2 rings (SSSR count). The van der Waals surface area contributed by atoms with Gasteiger partial charge in [-0.15, -0.1) is 11.3 Å². The van der Waals surface area contributed by atoms with Crippen LogP contribution in [0.2, 0.25) is 4.34 Å². The summed E-state index contributed by atoms with van der Waals surface area (Å²) in [5.74, 6) is 0.481. The Kier molecular flexibility index (Phi) is 5.67. The van der Waals surface area contributed by atoms with E-state index >= 15 is 0 Å². The van der Waals surface area contributed by atoms with Crippen LogP contribution in [0.3, 0.4) is 0 Å². The minimum absolute atomic E-state index is 0.0859. The molecule has 2 aromatic rings. The Morgan fingerprint density at radius 3 is 2.45 bits per heavy atom. The van der Waals surface area contributed by atoms with E-state index in [0.717, 1.165) is 15.8 Å². The Morgan fingerprint density at radius 1 is 1.30 bits per heavy atom. The highest BCUT2D eigenvalue weighted by atomic mass is 79.9. The zero-order valence-corrected chi connectivity index (χ0v) is 14.7. The van der Waals surface area contributed by atoms with Gasteiger partial charge in [0.25, 0.3) is 0 Å². The first-order valence-corrected chi connectivity index (χ1v) is 8.71. The van der Waals surface area contributed by atoms with E-state index in [9.17, 15) is 5.11 Å². The van der Waals surface area contributed by atoms with Crippen LogP contribution < -0.4 is 0 Å². The van der Waals surface area contributed by atoms with Crippen molar-refractivity contribution >= 4 is 38.9 Å². The molecular formula is C16H18BrClOS. The lowest BCUT2D eigenvalue weighted by Crippen LogP contribution is -2.17. The summed E-state index contributed by atoms with van der Waals surface area (Å²) in [7, 11) is 0. The molecule has 0 bridgehead atoms. The van der Waals surface area contributed by atoms with Gasteiger partial charge in [0.05, 0.1) is 6.10 Å². The van der Waals surface area contributed by atoms with Crippen LogP contribution in [-0.4, -0.2) is 5.11 Å². The molecule has 4 heteroatoms. The van der Waals surface area contributed by atoms with Gasteiger partial charge in [-0.05, 0) is 33.5 Å². The van der Waals surface area contributed by atoms with Crippen molar-refractivity contribution in [1.29, 1.82) is 0 Å². The molecule has 0 saturated heterocycles. The highest BCUT2D eigenvalue weighted by Crippen LogP contribution is 2.43. The number of hydrogen-bond donors (Lipinski definition) is 1. The summed E-state index contributed by atoms with van der Waals surface area (Å²) in [5, 5.41) is 10.8. The summed E-state index contributed by atoms with van der Waals surface area (Å²) >= 11 is 11.0. The summed E-state index contributed by atoms with van der Waals surface area (Å²) in [6.45, 7) is 4.34. The van der Waals surface area contributed by atoms with Gasteiger partial charge in [-0.2, -0.15) is 0 Å². The molecule has 0 aliphatic rings. The van der Waals surface area contributed by atoms with Crippen molar-refractivity contribution in [3.05, 3.63) is 55.6 Å². The topological polar surface area (TPSA) is 20.2 Å². The fraction of sp³-hybridized carbons (Fsp3) is 0.375. The van der Waals surface area contributed by atoms with Crippen LogP contribution in [0.15, 0.2) is 40.9 Å². The normalized spacial score (nSPS) is 15.8. The average Bonchev–Trinajstić information content (AvgIpc) is 2.80. The van der Waals surface area contributed by atoms with Crippen LogP contribution in [0.5, 0.6) is 0 Å². The Balaban J connectivity index is 2.36. The van der Waals surface area contributed by atoms with Crippen LogP contribution in [0.4, 0.5) is 0 Å². The predicted molar refractivity (Wildman–Crippen MR) is 90.6 cm³/mol. The fourth-order valence-electron chi connectivity index (χ4n) is 2.44. The van der Waals surface area contributed by atoms with Crippen molar-refractivity contribution in [2.75, 3.05) is 0 Å². The third-order valence-corrected chi connectivity index (χ3v) is 6.28. The monoisotopic (exact) mass is 372 g/mol. The number of rotatable bonds is 5. The largest absolute Gasteiger partial charge is 0.387 e. The molecule has 1 N–H and O–H groups in total. The molecule has 1 aromatic heterocycles. The Bertz CT molecular complexity index is 535. The molecule has 0 radical (unpaired) electrons. The predicted octanol–water partition coefficient (Wildman–Crippen LogP) is 6.03. The first kappa shape index (κ1) is 16.0. The van der Waals surface area contributed by atoms with Crippen LogP contribution >= 0.6 is 38.9 Å². The molecule has 1 nitrogen and oxygen atoms in total. The van der Waals surface area contributed by atoms with E-state index in [1.807, 2.05) is 24.3 Å². The second-order valence-corrected chi connectivity index (χ2v) is 7.58. The van der Waals surface area contributed by atoms with Crippen molar-refractivity contribution in [3.8, 4) is 0 Å². The molecule has 0 aliphatic heterocycles. The van der Waals surface area contributed by atoms with E-state index in [1.54, 1.807) is 0 Å². The van der Waals surface area contributed by atoms with E-state index in [1.165, 1.54) is 16.9 Å². The van der Waals surface area contributed by atoms with Gasteiger partial charge < -0.3 is 5.11 Å². The molecule has 1 aromatic carbocycles. The molecular weight excluding hydrogens is 356 g/mol. The highest BCUT2D eigenvalue weighted by molar-refractivity contribution is 9.10. The maximum absolute atomic E-state index is 10.8. The van der Waals surface area contributed by atoms with Crippen LogP contribution in [0.25, 0.3) is 0 Å². The van der Waals surface area contributed by atoms with Crippen molar-refractivity contribution in [2.24, 2.45) is 5.92 Å². The van der Waals surface area contributed by atoms with Gasteiger partial charge in [-0.25, -0.2) is 0 Å². The van der Waals surface area contributed by atoms with Gasteiger partial charge in [0.15, 0.2) is 0 Å². The second kappa shape index (κ2) is 7.08. The van der Waals surface area contributed by atoms with Crippen LogP contribution in [-0.2, 0) is 0 Å². The third-order valence-electron chi connectivity index (χ3n) is 3.74. The van der Waals surface area contributed by atoms with E-state index < -0.39 is 6.10 Å². The SMILES string of the molecule is CCC(C)C(c1ccccc1)C(O)c1cc(Br)c(Cl)s1. The molecule has 0 fully saturated rings. The molecule has 20 heavy (non-hydrogen) atoms. The number of aliphatic hydroxyl groups excluding tert-OH is 1. The summed E-state index contributed by atoms with van der Waals surface area (Å²) in [6.07, 6.45) is 0.498. The Labute approximate surface area is 137 Å². The molecule has 0 amide bonds. The van der Waals surface area contributed by atoms with Crippen LogP contribution in [0, 0.1) is 5.92 Å². The van der Waals surface area contributed by atoms with Crippen molar-refractivity contribution < 1.29 is 5.11 Å². The average molecular weight is 374 g/mol. The van der Waals surface area contributed by atoms with Crippen molar-refractivity contribution in [2.45, 2.75) is 32.3 Å². The fourth-order valence-corrected chi connectivity index (χ4v) is 4.21. The number of halogens is 2. The minimum atomic E-state index is -0.527. The zero-order chi connectivity index (χ0) is 14.7. The van der Waals surface area contributed by atoms with E-state index in [2.05, 4.69) is 41.9 Å². The Hall–Kier alpha value is -0.350. The molecule has 3 unspecified atom stereocenters. The van der Waals surface area contributed by atoms with E-state index in [4.69, 9.17) is 11.6 Å². The molecule has 108 valence electrons. The summed E-state index contributed by atoms with van der Waals surface area (Å²) in [5.41, 5.74) is 1.18. The number of aliphatic hydroxyl groups is 1. The van der Waals surface area contributed by atoms with Gasteiger partial charge in [-0.1, -0.05) is 62.2 Å². The lowest BCUT2D eigenvalue weighted by atomic mass is 9.81. The molecule has 0 spiro atoms. The maximum Gasteiger partial charge on any atom is 0.107 e. The van der Waals surface area contributed by atoms with Gasteiger partial charge >= 0.3 is 0 Å². The zero-order valence-electron chi connectivity index (χ0n) is 11.5. The van der Waals surface area contributed by atoms with Gasteiger partial charge in [-0.3, -0.25) is 0 Å². The molecule has 1 heterocycles. The van der Waals surface area contributed by atoms with Crippen molar-refractivity contribution in [3.63, 3.8) is 0 Å². The van der Waals surface area contributed by atoms with E-state index in [-0.39, 0.29) is 5.92 Å². The second-order valence-electron chi connectivity index (χ2n) is 5.04.